The third-order valence-electron chi connectivity index (χ3n) is 4.52. The summed E-state index contributed by atoms with van der Waals surface area (Å²) in [7, 11) is 0. The number of aromatic amines is 2. The molecule has 0 aliphatic heterocycles. The highest BCUT2D eigenvalue weighted by Crippen LogP contribution is 2.23. The summed E-state index contributed by atoms with van der Waals surface area (Å²) >= 11 is 0. The minimum Gasteiger partial charge on any atom is -0.346 e. The van der Waals surface area contributed by atoms with Crippen LogP contribution in [0.2, 0.25) is 0 Å². The number of aromatic nitrogens is 4. The Kier molecular flexibility index (Phi) is 2.64. The first kappa shape index (κ1) is 13.1. The summed E-state index contributed by atoms with van der Waals surface area (Å²) in [6.45, 7) is 0.518. The van der Waals surface area contributed by atoms with Crippen molar-refractivity contribution < 1.29 is 0 Å². The normalized spacial score (nSPS) is 11.7. The van der Waals surface area contributed by atoms with Crippen LogP contribution in [0.3, 0.4) is 0 Å². The van der Waals surface area contributed by atoms with E-state index in [1.165, 1.54) is 10.8 Å². The predicted octanol–water partition coefficient (Wildman–Crippen LogP) is 3.41. The van der Waals surface area contributed by atoms with Crippen molar-refractivity contribution in [2.45, 2.75) is 6.54 Å². The van der Waals surface area contributed by atoms with E-state index in [2.05, 4.69) is 39.2 Å². The van der Waals surface area contributed by atoms with Crippen LogP contribution in [-0.2, 0) is 6.54 Å². The van der Waals surface area contributed by atoms with Gasteiger partial charge in [-0.1, -0.05) is 42.5 Å². The molecular weight excluding hydrogens is 300 g/mol. The number of rotatable bonds is 2. The van der Waals surface area contributed by atoms with Crippen molar-refractivity contribution >= 4 is 32.8 Å². The molecule has 0 saturated heterocycles. The Bertz CT molecular complexity index is 1250. The van der Waals surface area contributed by atoms with Gasteiger partial charge in [0, 0.05) is 11.6 Å². The Labute approximate surface area is 136 Å². The van der Waals surface area contributed by atoms with E-state index in [0.717, 1.165) is 27.6 Å². The highest BCUT2D eigenvalue weighted by atomic mass is 16.1. The van der Waals surface area contributed by atoms with Gasteiger partial charge in [0.1, 0.15) is 5.65 Å². The molecule has 0 bridgehead atoms. The fourth-order valence-corrected chi connectivity index (χ4v) is 3.41. The molecular formula is C19H14N4O. The zero-order chi connectivity index (χ0) is 16.1. The summed E-state index contributed by atoms with van der Waals surface area (Å²) in [6, 6.07) is 16.4. The van der Waals surface area contributed by atoms with Crippen LogP contribution in [0.25, 0.3) is 32.8 Å². The molecule has 0 spiro atoms. The second-order valence-corrected chi connectivity index (χ2v) is 5.92. The maximum absolute atomic E-state index is 12.5. The Balaban J connectivity index is 1.79. The van der Waals surface area contributed by atoms with Gasteiger partial charge in [0.05, 0.1) is 23.8 Å². The van der Waals surface area contributed by atoms with E-state index in [0.29, 0.717) is 6.54 Å². The summed E-state index contributed by atoms with van der Waals surface area (Å²) in [4.78, 5) is 22.9. The molecule has 5 nitrogen and oxygen atoms in total. The molecule has 3 heterocycles. The lowest BCUT2D eigenvalue weighted by Gasteiger charge is -2.08. The van der Waals surface area contributed by atoms with E-state index in [1.54, 1.807) is 10.8 Å². The van der Waals surface area contributed by atoms with Gasteiger partial charge >= 0.3 is 5.69 Å². The highest BCUT2D eigenvalue weighted by molar-refractivity contribution is 6.01. The fourth-order valence-electron chi connectivity index (χ4n) is 3.41. The fraction of sp³-hybridized carbons (Fsp3) is 0.0526. The van der Waals surface area contributed by atoms with Gasteiger partial charge < -0.3 is 9.97 Å². The van der Waals surface area contributed by atoms with Gasteiger partial charge in [-0.25, -0.2) is 9.78 Å². The number of imidazole rings is 1. The molecule has 0 radical (unpaired) electrons. The molecule has 0 saturated carbocycles. The molecule has 0 unspecified atom stereocenters. The van der Waals surface area contributed by atoms with Crippen molar-refractivity contribution in [3.63, 3.8) is 0 Å². The first-order chi connectivity index (χ1) is 11.8. The lowest BCUT2D eigenvalue weighted by atomic mass is 10.0. The van der Waals surface area contributed by atoms with Gasteiger partial charge in [0.15, 0.2) is 0 Å². The lowest BCUT2D eigenvalue weighted by Crippen LogP contribution is -2.17. The molecule has 116 valence electrons. The topological polar surface area (TPSA) is 66.5 Å². The van der Waals surface area contributed by atoms with Gasteiger partial charge in [0.2, 0.25) is 0 Å². The average molecular weight is 314 g/mol. The van der Waals surface area contributed by atoms with Crippen LogP contribution >= 0.6 is 0 Å². The van der Waals surface area contributed by atoms with Gasteiger partial charge in [-0.3, -0.25) is 4.57 Å². The molecule has 5 rings (SSSR count). The lowest BCUT2D eigenvalue weighted by molar-refractivity contribution is 0.794. The van der Waals surface area contributed by atoms with Crippen LogP contribution in [0, 0.1) is 0 Å². The van der Waals surface area contributed by atoms with E-state index >= 15 is 0 Å². The van der Waals surface area contributed by atoms with Crippen molar-refractivity contribution in [2.75, 3.05) is 0 Å². The molecule has 0 fully saturated rings. The number of pyridine rings is 1. The minimum atomic E-state index is -0.117. The van der Waals surface area contributed by atoms with E-state index in [-0.39, 0.29) is 5.69 Å². The highest BCUT2D eigenvalue weighted by Gasteiger charge is 2.13. The Morgan fingerprint density at radius 3 is 2.83 bits per heavy atom. The maximum atomic E-state index is 12.5. The summed E-state index contributed by atoms with van der Waals surface area (Å²) in [5.41, 5.74) is 3.43. The van der Waals surface area contributed by atoms with Crippen LogP contribution in [-0.4, -0.2) is 19.5 Å². The first-order valence-corrected chi connectivity index (χ1v) is 7.82. The summed E-state index contributed by atoms with van der Waals surface area (Å²) < 4.78 is 1.79. The SMILES string of the molecule is O=c1[nH]c2cnc3[nH]ccc3c2n1Cc1cccc2ccccc12. The molecule has 0 aliphatic rings. The summed E-state index contributed by atoms with van der Waals surface area (Å²) in [6.07, 6.45) is 3.55. The zero-order valence-corrected chi connectivity index (χ0v) is 12.8. The Hall–Kier alpha value is -3.34. The molecule has 3 aromatic heterocycles. The van der Waals surface area contributed by atoms with E-state index in [4.69, 9.17) is 0 Å². The monoisotopic (exact) mass is 314 g/mol. The smallest absolute Gasteiger partial charge is 0.326 e. The maximum Gasteiger partial charge on any atom is 0.326 e. The summed E-state index contributed by atoms with van der Waals surface area (Å²) in [5.74, 6) is 0. The minimum absolute atomic E-state index is 0.117. The van der Waals surface area contributed by atoms with Crippen LogP contribution in [0.15, 0.2) is 65.7 Å². The standard InChI is InChI=1S/C19H14N4O/c24-19-22-16-10-21-18-15(8-9-20-18)17(16)23(19)11-13-6-3-5-12-4-1-2-7-14(12)13/h1-10H,11H2,(H,20,21)(H,22,24). The van der Waals surface area contributed by atoms with Crippen LogP contribution < -0.4 is 5.69 Å². The number of benzene rings is 2. The molecule has 0 amide bonds. The summed E-state index contributed by atoms with van der Waals surface area (Å²) in [5, 5.41) is 3.29. The predicted molar refractivity (Wildman–Crippen MR) is 95.3 cm³/mol. The average Bonchev–Trinajstić information content (AvgIpc) is 3.19. The second-order valence-electron chi connectivity index (χ2n) is 5.92. The quantitative estimate of drug-likeness (QED) is 0.524. The van der Waals surface area contributed by atoms with E-state index in [9.17, 15) is 4.79 Å². The van der Waals surface area contributed by atoms with Gasteiger partial charge in [-0.05, 0) is 22.4 Å². The van der Waals surface area contributed by atoms with Crippen molar-refractivity contribution in [3.8, 4) is 0 Å². The second kappa shape index (κ2) is 4.83. The van der Waals surface area contributed by atoms with E-state index < -0.39 is 0 Å². The van der Waals surface area contributed by atoms with Crippen LogP contribution in [0.1, 0.15) is 5.56 Å². The number of fused-ring (bicyclic) bond motifs is 4. The largest absolute Gasteiger partial charge is 0.346 e. The number of H-pyrrole nitrogens is 2. The van der Waals surface area contributed by atoms with Gasteiger partial charge in [-0.2, -0.15) is 0 Å². The van der Waals surface area contributed by atoms with E-state index in [1.807, 2.05) is 30.5 Å². The van der Waals surface area contributed by atoms with Crippen molar-refractivity contribution in [3.05, 3.63) is 77.0 Å². The van der Waals surface area contributed by atoms with Gasteiger partial charge in [0.25, 0.3) is 0 Å². The van der Waals surface area contributed by atoms with Crippen LogP contribution in [0.5, 0.6) is 0 Å². The first-order valence-electron chi connectivity index (χ1n) is 7.82. The molecule has 5 aromatic rings. The zero-order valence-electron chi connectivity index (χ0n) is 12.8. The Morgan fingerprint density at radius 2 is 1.88 bits per heavy atom. The third kappa shape index (κ3) is 1.81. The number of hydrogen-bond donors (Lipinski definition) is 2. The Morgan fingerprint density at radius 1 is 1.00 bits per heavy atom. The van der Waals surface area contributed by atoms with Crippen molar-refractivity contribution in [1.82, 2.24) is 19.5 Å². The number of hydrogen-bond acceptors (Lipinski definition) is 2. The number of nitrogens with one attached hydrogen (secondary N) is 2. The molecule has 0 aliphatic carbocycles. The molecule has 2 N–H and O–H groups in total. The molecule has 2 aromatic carbocycles. The molecule has 24 heavy (non-hydrogen) atoms. The van der Waals surface area contributed by atoms with Crippen LogP contribution in [0.4, 0.5) is 0 Å². The molecule has 0 atom stereocenters. The molecule has 5 heteroatoms. The van der Waals surface area contributed by atoms with Gasteiger partial charge in [-0.15, -0.1) is 0 Å². The van der Waals surface area contributed by atoms with Crippen molar-refractivity contribution in [2.24, 2.45) is 0 Å². The van der Waals surface area contributed by atoms with Crippen molar-refractivity contribution in [1.29, 1.82) is 0 Å². The number of nitrogens with zero attached hydrogens (tertiary/aromatic N) is 2. The third-order valence-corrected chi connectivity index (χ3v) is 4.52.